The molecule has 1 amide bonds. The van der Waals surface area contributed by atoms with Gasteiger partial charge in [0.15, 0.2) is 16.5 Å². The van der Waals surface area contributed by atoms with E-state index in [1.165, 1.54) is 13.2 Å². The Bertz CT molecular complexity index is 1660. The van der Waals surface area contributed by atoms with Crippen LogP contribution in [0.3, 0.4) is 0 Å². The van der Waals surface area contributed by atoms with Crippen molar-refractivity contribution >= 4 is 44.1 Å². The number of benzene rings is 2. The van der Waals surface area contributed by atoms with E-state index in [9.17, 15) is 17.6 Å². The molecule has 200 valence electrons. The molecule has 38 heavy (non-hydrogen) atoms. The standard InChI is InChI=1S/C24H21ClF3N5O4S/c1-4-11(2)30-23(34)22-14-6-5-13(19(27)21(14)31-32-22)18-15(26)7-8-16(20(18)28)33-38(35,36)17-9-12(25)10-29-24(17)37-3/h5-11,33H,4H2,1-3H3,(H,30,34)(H,31,32). The van der Waals surface area contributed by atoms with Crippen LogP contribution in [0.25, 0.3) is 22.0 Å². The Morgan fingerprint density at radius 3 is 2.61 bits per heavy atom. The van der Waals surface area contributed by atoms with E-state index in [0.29, 0.717) is 6.42 Å². The van der Waals surface area contributed by atoms with E-state index in [2.05, 4.69) is 20.5 Å². The molecule has 2 heterocycles. The van der Waals surface area contributed by atoms with Crippen molar-refractivity contribution < 1.29 is 31.1 Å². The summed E-state index contributed by atoms with van der Waals surface area (Å²) in [4.78, 5) is 15.8. The highest BCUT2D eigenvalue weighted by molar-refractivity contribution is 7.92. The van der Waals surface area contributed by atoms with E-state index in [4.69, 9.17) is 16.3 Å². The first kappa shape index (κ1) is 27.2. The SMILES string of the molecule is CCC(C)NC(=O)c1[nH]nc2c(F)c(-c3c(F)ccc(NS(=O)(=O)c4cc(Cl)cnc4OC)c3F)ccc12. The second-order valence-corrected chi connectivity index (χ2v) is 10.3. The zero-order valence-electron chi connectivity index (χ0n) is 20.2. The Hall–Kier alpha value is -3.84. The van der Waals surface area contributed by atoms with Gasteiger partial charge in [-0.25, -0.2) is 26.6 Å². The lowest BCUT2D eigenvalue weighted by Gasteiger charge is -2.14. The second kappa shape index (κ2) is 10.5. The van der Waals surface area contributed by atoms with Gasteiger partial charge in [-0.2, -0.15) is 5.10 Å². The van der Waals surface area contributed by atoms with Crippen molar-refractivity contribution in [2.45, 2.75) is 31.2 Å². The summed E-state index contributed by atoms with van der Waals surface area (Å²) >= 11 is 5.85. The van der Waals surface area contributed by atoms with E-state index in [1.54, 1.807) is 6.92 Å². The fourth-order valence-electron chi connectivity index (χ4n) is 3.64. The molecule has 0 aliphatic carbocycles. The summed E-state index contributed by atoms with van der Waals surface area (Å²) < 4.78 is 78.6. The largest absolute Gasteiger partial charge is 0.480 e. The Kier molecular flexibility index (Phi) is 7.51. The van der Waals surface area contributed by atoms with Crippen molar-refractivity contribution in [1.82, 2.24) is 20.5 Å². The van der Waals surface area contributed by atoms with Crippen molar-refractivity contribution in [3.8, 4) is 17.0 Å². The van der Waals surface area contributed by atoms with Crippen molar-refractivity contribution in [3.05, 3.63) is 64.7 Å². The van der Waals surface area contributed by atoms with Crippen molar-refractivity contribution in [2.75, 3.05) is 11.8 Å². The number of sulfonamides is 1. The summed E-state index contributed by atoms with van der Waals surface area (Å²) in [6.45, 7) is 3.67. The molecule has 0 fully saturated rings. The molecule has 1 unspecified atom stereocenters. The van der Waals surface area contributed by atoms with Crippen LogP contribution in [0.15, 0.2) is 41.4 Å². The molecule has 14 heteroatoms. The number of carbonyl (C=O) groups is 1. The van der Waals surface area contributed by atoms with Crippen LogP contribution in [-0.2, 0) is 10.0 Å². The van der Waals surface area contributed by atoms with Crippen molar-refractivity contribution in [2.24, 2.45) is 0 Å². The molecule has 1 atom stereocenters. The zero-order chi connectivity index (χ0) is 27.8. The molecule has 0 saturated carbocycles. The maximum absolute atomic E-state index is 15.5. The number of hydrogen-bond acceptors (Lipinski definition) is 6. The molecule has 0 saturated heterocycles. The van der Waals surface area contributed by atoms with Gasteiger partial charge in [0.25, 0.3) is 15.9 Å². The number of hydrogen-bond donors (Lipinski definition) is 3. The summed E-state index contributed by atoms with van der Waals surface area (Å²) in [6.07, 6.45) is 1.82. The number of nitrogens with one attached hydrogen (secondary N) is 3. The highest BCUT2D eigenvalue weighted by Gasteiger charge is 2.27. The number of amides is 1. The van der Waals surface area contributed by atoms with Gasteiger partial charge in [-0.1, -0.05) is 24.6 Å². The topological polar surface area (TPSA) is 126 Å². The number of aromatic amines is 1. The van der Waals surface area contributed by atoms with Gasteiger partial charge in [0.05, 0.1) is 23.4 Å². The average molecular weight is 568 g/mol. The van der Waals surface area contributed by atoms with Crippen LogP contribution in [0.4, 0.5) is 18.9 Å². The molecule has 0 aliphatic rings. The second-order valence-electron chi connectivity index (χ2n) is 8.26. The van der Waals surface area contributed by atoms with Crippen LogP contribution in [0.2, 0.25) is 5.02 Å². The number of rotatable bonds is 8. The number of fused-ring (bicyclic) bond motifs is 1. The summed E-state index contributed by atoms with van der Waals surface area (Å²) in [6, 6.07) is 4.89. The molecule has 0 spiro atoms. The minimum atomic E-state index is -4.52. The summed E-state index contributed by atoms with van der Waals surface area (Å²) in [5.74, 6) is -4.48. The lowest BCUT2D eigenvalue weighted by Crippen LogP contribution is -2.32. The third kappa shape index (κ3) is 4.98. The van der Waals surface area contributed by atoms with E-state index >= 15 is 8.78 Å². The predicted octanol–water partition coefficient (Wildman–Crippen LogP) is 5.03. The van der Waals surface area contributed by atoms with Gasteiger partial charge in [-0.05, 0) is 37.6 Å². The minimum Gasteiger partial charge on any atom is -0.480 e. The molecule has 9 nitrogen and oxygen atoms in total. The molecule has 3 N–H and O–H groups in total. The van der Waals surface area contributed by atoms with Gasteiger partial charge in [-0.15, -0.1) is 0 Å². The summed E-state index contributed by atoms with van der Waals surface area (Å²) in [5, 5.41) is 9.07. The predicted molar refractivity (Wildman–Crippen MR) is 135 cm³/mol. The first-order valence-corrected chi connectivity index (χ1v) is 13.0. The van der Waals surface area contributed by atoms with Crippen molar-refractivity contribution in [3.63, 3.8) is 0 Å². The molecule has 0 bridgehead atoms. The number of nitrogens with zero attached hydrogens (tertiary/aromatic N) is 2. The smallest absolute Gasteiger partial charge is 0.270 e. The maximum Gasteiger partial charge on any atom is 0.270 e. The number of aromatic nitrogens is 3. The van der Waals surface area contributed by atoms with E-state index in [-0.39, 0.29) is 33.5 Å². The molecular formula is C24H21ClF3N5O4S. The minimum absolute atomic E-state index is 0.0164. The molecule has 4 aromatic rings. The Labute approximate surface area is 220 Å². The Balaban J connectivity index is 1.77. The quantitative estimate of drug-likeness (QED) is 0.274. The number of anilines is 1. The van der Waals surface area contributed by atoms with E-state index in [0.717, 1.165) is 30.5 Å². The van der Waals surface area contributed by atoms with Crippen molar-refractivity contribution in [1.29, 1.82) is 0 Å². The first-order chi connectivity index (χ1) is 18.0. The van der Waals surface area contributed by atoms with Crippen LogP contribution >= 0.6 is 11.6 Å². The average Bonchev–Trinajstić information content (AvgIpc) is 3.32. The normalized spacial score (nSPS) is 12.4. The fourth-order valence-corrected chi connectivity index (χ4v) is 5.07. The number of methoxy groups -OCH3 is 1. The highest BCUT2D eigenvalue weighted by Crippen LogP contribution is 2.36. The van der Waals surface area contributed by atoms with E-state index < -0.39 is 55.1 Å². The number of H-pyrrole nitrogens is 1. The van der Waals surface area contributed by atoms with Gasteiger partial charge >= 0.3 is 0 Å². The van der Waals surface area contributed by atoms with Gasteiger partial charge < -0.3 is 10.1 Å². The number of halogens is 4. The highest BCUT2D eigenvalue weighted by atomic mass is 35.5. The number of pyridine rings is 1. The van der Waals surface area contributed by atoms with E-state index in [1.807, 2.05) is 11.6 Å². The zero-order valence-corrected chi connectivity index (χ0v) is 21.8. The molecule has 0 aliphatic heterocycles. The number of ether oxygens (including phenoxy) is 1. The number of carbonyl (C=O) groups excluding carboxylic acids is 1. The monoisotopic (exact) mass is 567 g/mol. The molecular weight excluding hydrogens is 547 g/mol. The van der Waals surface area contributed by atoms with Crippen LogP contribution in [-0.4, -0.2) is 42.7 Å². The maximum atomic E-state index is 15.5. The summed E-state index contributed by atoms with van der Waals surface area (Å²) in [7, 11) is -3.34. The van der Waals surface area contributed by atoms with Gasteiger partial charge in [0.2, 0.25) is 5.88 Å². The molecule has 2 aromatic carbocycles. The lowest BCUT2D eigenvalue weighted by molar-refractivity contribution is 0.0936. The van der Waals surface area contributed by atoms with Gasteiger partial charge in [0.1, 0.15) is 17.0 Å². The Morgan fingerprint density at radius 2 is 1.92 bits per heavy atom. The summed E-state index contributed by atoms with van der Waals surface area (Å²) in [5.41, 5.74) is -2.38. The van der Waals surface area contributed by atoms with Crippen LogP contribution in [0.5, 0.6) is 5.88 Å². The molecule has 4 rings (SSSR count). The third-order valence-corrected chi connectivity index (χ3v) is 7.32. The van der Waals surface area contributed by atoms with Gasteiger partial charge in [-0.3, -0.25) is 14.6 Å². The first-order valence-electron chi connectivity index (χ1n) is 11.2. The van der Waals surface area contributed by atoms with Gasteiger partial charge in [0, 0.05) is 23.2 Å². The fraction of sp³-hybridized carbons (Fsp3) is 0.208. The Morgan fingerprint density at radius 1 is 1.18 bits per heavy atom. The van der Waals surface area contributed by atoms with Crippen LogP contribution in [0, 0.1) is 17.5 Å². The van der Waals surface area contributed by atoms with Crippen LogP contribution < -0.4 is 14.8 Å². The van der Waals surface area contributed by atoms with Crippen LogP contribution in [0.1, 0.15) is 30.8 Å². The lowest BCUT2D eigenvalue weighted by atomic mass is 10.0. The molecule has 2 aromatic heterocycles. The molecule has 0 radical (unpaired) electrons. The third-order valence-electron chi connectivity index (χ3n) is 5.75.